The van der Waals surface area contributed by atoms with Crippen LogP contribution < -0.4 is 24.7 Å². The zero-order chi connectivity index (χ0) is 44.6. The van der Waals surface area contributed by atoms with Gasteiger partial charge in [0, 0.05) is 0 Å². The summed E-state index contributed by atoms with van der Waals surface area (Å²) in [5.74, 6) is 0.946. The highest BCUT2D eigenvalue weighted by molar-refractivity contribution is 6.05. The monoisotopic (exact) mass is 848 g/mol. The Balaban J connectivity index is 1.63. The van der Waals surface area contributed by atoms with Crippen LogP contribution in [0.25, 0.3) is 0 Å². The van der Waals surface area contributed by atoms with Gasteiger partial charge in [-0.25, -0.2) is 0 Å². The normalized spacial score (nSPS) is 14.6. The maximum Gasteiger partial charge on any atom is 0.239 e. The lowest BCUT2D eigenvalue weighted by atomic mass is 9.71. The second kappa shape index (κ2) is 19.2. The molecule has 0 unspecified atom stereocenters. The van der Waals surface area contributed by atoms with Crippen LogP contribution in [0.15, 0.2) is 158 Å². The molecule has 1 fully saturated rings. The molecule has 2 amide bonds. The van der Waals surface area contributed by atoms with E-state index in [0.29, 0.717) is 58.1 Å². The van der Waals surface area contributed by atoms with E-state index in [1.54, 1.807) is 130 Å². The predicted octanol–water partition coefficient (Wildman–Crippen LogP) is 7.99. The highest BCUT2D eigenvalue weighted by Crippen LogP contribution is 2.49. The average Bonchev–Trinajstić information content (AvgIpc) is 3.86. The van der Waals surface area contributed by atoms with Gasteiger partial charge in [-0.1, -0.05) is 122 Å². The van der Waals surface area contributed by atoms with E-state index in [9.17, 15) is 15.0 Å². The first-order valence-electron chi connectivity index (χ1n) is 21.2. The van der Waals surface area contributed by atoms with Crippen LogP contribution in [0.5, 0.6) is 23.0 Å². The van der Waals surface area contributed by atoms with Gasteiger partial charge in [-0.05, 0) is 108 Å². The zero-order valence-electron chi connectivity index (χ0n) is 36.3. The van der Waals surface area contributed by atoms with Crippen molar-refractivity contribution in [3.63, 3.8) is 0 Å². The number of ether oxygens (including phenoxy) is 4. The highest BCUT2D eigenvalue weighted by Gasteiger charge is 2.58. The van der Waals surface area contributed by atoms with Crippen molar-refractivity contribution in [2.75, 3.05) is 28.4 Å². The number of aliphatic hydroxyl groups is 2. The van der Waals surface area contributed by atoms with Crippen LogP contribution in [0.1, 0.15) is 59.1 Å². The van der Waals surface area contributed by atoms with Crippen LogP contribution in [0, 0.1) is 5.41 Å². The number of hydrogen-bond acceptors (Lipinski definition) is 8. The van der Waals surface area contributed by atoms with Crippen molar-refractivity contribution in [1.82, 2.24) is 4.90 Å². The maximum atomic E-state index is 16.5. The quantitative estimate of drug-likeness (QED) is 0.0740. The van der Waals surface area contributed by atoms with Crippen LogP contribution >= 0.6 is 0 Å². The number of benzene rings is 6. The maximum absolute atomic E-state index is 16.5. The van der Waals surface area contributed by atoms with Crippen LogP contribution in [0.2, 0.25) is 0 Å². The molecule has 1 saturated carbocycles. The second-order valence-corrected chi connectivity index (χ2v) is 16.2. The molecule has 6 aromatic carbocycles. The summed E-state index contributed by atoms with van der Waals surface area (Å²) in [6.45, 7) is 0. The lowest BCUT2D eigenvalue weighted by Crippen LogP contribution is -2.67. The van der Waals surface area contributed by atoms with Gasteiger partial charge in [0.25, 0.3) is 0 Å². The standard InChI is InChI=1S/C53H56N2O8/c1-60-43-25-17-39(18-26-43)52(58,40-19-27-44(61-2)28-20-40)47(35-37-13-7-5-8-14-37)55(50(57)51(49(54)56)33-11-12-34-51)48(36-38-15-9-6-10-16-38)53(59,41-21-29-45(62-3)30-22-41)42-23-31-46(63-4)32-24-42/h5-10,13-32,47-48,58-59H,11-12,33-36H2,1-4H3,(H2,54,56)/t47-,48-/m1/s1. The van der Waals surface area contributed by atoms with Crippen molar-refractivity contribution < 1.29 is 38.7 Å². The highest BCUT2D eigenvalue weighted by atomic mass is 16.5. The molecule has 10 nitrogen and oxygen atoms in total. The number of hydrogen-bond donors (Lipinski definition) is 3. The predicted molar refractivity (Wildman–Crippen MR) is 243 cm³/mol. The van der Waals surface area contributed by atoms with E-state index < -0.39 is 40.5 Å². The molecule has 4 N–H and O–H groups in total. The van der Waals surface area contributed by atoms with E-state index in [0.717, 1.165) is 11.1 Å². The van der Waals surface area contributed by atoms with Gasteiger partial charge in [-0.2, -0.15) is 0 Å². The van der Waals surface area contributed by atoms with Crippen molar-refractivity contribution in [3.05, 3.63) is 191 Å². The zero-order valence-corrected chi connectivity index (χ0v) is 36.3. The van der Waals surface area contributed by atoms with E-state index in [-0.39, 0.29) is 25.7 Å². The lowest BCUT2D eigenvalue weighted by Gasteiger charge is -2.53. The van der Waals surface area contributed by atoms with Gasteiger partial charge >= 0.3 is 0 Å². The number of nitrogens with zero attached hydrogens (tertiary/aromatic N) is 1. The molecular weight excluding hydrogens is 793 g/mol. The van der Waals surface area contributed by atoms with Crippen molar-refractivity contribution in [2.24, 2.45) is 11.1 Å². The molecule has 0 heterocycles. The van der Waals surface area contributed by atoms with Gasteiger partial charge in [0.15, 0.2) is 0 Å². The van der Waals surface area contributed by atoms with E-state index in [2.05, 4.69) is 0 Å². The summed E-state index contributed by atoms with van der Waals surface area (Å²) >= 11 is 0. The molecule has 2 atom stereocenters. The first-order chi connectivity index (χ1) is 30.5. The Bertz CT molecular complexity index is 2170. The Morgan fingerprint density at radius 1 is 0.524 bits per heavy atom. The Morgan fingerprint density at radius 2 is 0.810 bits per heavy atom. The van der Waals surface area contributed by atoms with Crippen LogP contribution in [0.3, 0.4) is 0 Å². The van der Waals surface area contributed by atoms with Crippen molar-refractivity contribution >= 4 is 11.8 Å². The van der Waals surface area contributed by atoms with Crippen LogP contribution in [0.4, 0.5) is 0 Å². The Kier molecular flexibility index (Phi) is 13.5. The summed E-state index contributed by atoms with van der Waals surface area (Å²) in [4.78, 5) is 32.2. The third kappa shape index (κ3) is 8.74. The van der Waals surface area contributed by atoms with E-state index >= 15 is 4.79 Å². The van der Waals surface area contributed by atoms with Crippen molar-refractivity contribution in [2.45, 2.75) is 61.8 Å². The first-order valence-corrected chi connectivity index (χ1v) is 21.2. The topological polar surface area (TPSA) is 141 Å². The smallest absolute Gasteiger partial charge is 0.239 e. The summed E-state index contributed by atoms with van der Waals surface area (Å²) in [5, 5.41) is 28.5. The summed E-state index contributed by atoms with van der Waals surface area (Å²) in [6, 6.07) is 45.3. The summed E-state index contributed by atoms with van der Waals surface area (Å²) in [7, 11) is 6.28. The van der Waals surface area contributed by atoms with E-state index in [4.69, 9.17) is 24.7 Å². The van der Waals surface area contributed by atoms with Gasteiger partial charge in [0.2, 0.25) is 11.8 Å². The number of methoxy groups -OCH3 is 4. The van der Waals surface area contributed by atoms with Gasteiger partial charge in [0.05, 0.1) is 40.5 Å². The Morgan fingerprint density at radius 3 is 1.06 bits per heavy atom. The largest absolute Gasteiger partial charge is 0.497 e. The summed E-state index contributed by atoms with van der Waals surface area (Å²) in [5.41, 5.74) is 4.11. The lowest BCUT2D eigenvalue weighted by molar-refractivity contribution is -0.166. The molecule has 0 bridgehead atoms. The molecule has 6 aromatic rings. The molecular formula is C53H56N2O8. The van der Waals surface area contributed by atoms with Crippen LogP contribution in [-0.4, -0.2) is 67.5 Å². The number of primary amides is 1. The molecule has 1 aliphatic rings. The average molecular weight is 849 g/mol. The third-order valence-corrected chi connectivity index (χ3v) is 12.9. The fourth-order valence-corrected chi connectivity index (χ4v) is 9.34. The van der Waals surface area contributed by atoms with Gasteiger partial charge in [0.1, 0.15) is 39.6 Å². The van der Waals surface area contributed by atoms with Gasteiger partial charge in [-0.15, -0.1) is 0 Å². The minimum absolute atomic E-state index is 0.0859. The molecule has 10 heteroatoms. The SMILES string of the molecule is COc1ccc(C(O)(c2ccc(OC)cc2)[C@@H](Cc2ccccc2)N(C(=O)C2(C(N)=O)CCCC2)[C@H](Cc2ccccc2)C(O)(c2ccc(OC)cc2)c2ccc(OC)cc2)cc1. The minimum Gasteiger partial charge on any atom is -0.497 e. The number of nitrogens with two attached hydrogens (primary N) is 1. The molecule has 0 aliphatic heterocycles. The van der Waals surface area contributed by atoms with Crippen molar-refractivity contribution in [3.8, 4) is 23.0 Å². The number of carbonyl (C=O) groups is 2. The molecule has 7 rings (SSSR count). The molecule has 0 radical (unpaired) electrons. The number of rotatable bonds is 18. The molecule has 0 saturated heterocycles. The number of amides is 2. The van der Waals surface area contributed by atoms with Crippen LogP contribution in [-0.2, 0) is 33.6 Å². The molecule has 0 spiro atoms. The van der Waals surface area contributed by atoms with Crippen molar-refractivity contribution in [1.29, 1.82) is 0 Å². The Labute approximate surface area is 369 Å². The number of carbonyl (C=O) groups excluding carboxylic acids is 2. The fourth-order valence-electron chi connectivity index (χ4n) is 9.34. The molecule has 1 aliphatic carbocycles. The van der Waals surface area contributed by atoms with Gasteiger partial charge in [-0.3, -0.25) is 9.59 Å². The molecule has 0 aromatic heterocycles. The van der Waals surface area contributed by atoms with Gasteiger partial charge < -0.3 is 39.8 Å². The summed E-state index contributed by atoms with van der Waals surface area (Å²) in [6.07, 6.45) is 1.78. The third-order valence-electron chi connectivity index (χ3n) is 12.9. The second-order valence-electron chi connectivity index (χ2n) is 16.2. The van der Waals surface area contributed by atoms with E-state index in [1.165, 1.54) is 0 Å². The van der Waals surface area contributed by atoms with E-state index in [1.807, 2.05) is 60.7 Å². The molecule has 63 heavy (non-hydrogen) atoms. The fraction of sp³-hybridized carbons (Fsp3) is 0.283. The first kappa shape index (κ1) is 44.4. The summed E-state index contributed by atoms with van der Waals surface area (Å²) < 4.78 is 22.3. The minimum atomic E-state index is -2.02. The Hall–Kier alpha value is -6.62. The molecule has 326 valence electrons.